The molecule has 1 N–H and O–H groups in total. The number of aromatic nitrogens is 2. The highest BCUT2D eigenvalue weighted by atomic mass is 16.1. The van der Waals surface area contributed by atoms with Crippen molar-refractivity contribution in [1.82, 2.24) is 15.1 Å². The number of nitrogens with zero attached hydrogens (tertiary/aromatic N) is 3. The van der Waals surface area contributed by atoms with Crippen molar-refractivity contribution in [3.05, 3.63) is 47.8 Å². The number of amides is 1. The number of para-hydroxylation sites is 1. The van der Waals surface area contributed by atoms with Crippen LogP contribution in [-0.4, -0.2) is 35.3 Å². The van der Waals surface area contributed by atoms with Gasteiger partial charge < -0.3 is 10.2 Å². The summed E-state index contributed by atoms with van der Waals surface area (Å²) in [6, 6.07) is 8.34. The van der Waals surface area contributed by atoms with Crippen molar-refractivity contribution in [2.75, 3.05) is 24.5 Å². The predicted octanol–water partition coefficient (Wildman–Crippen LogP) is 2.53. The fourth-order valence-corrected chi connectivity index (χ4v) is 2.59. The average molecular weight is 314 g/mol. The van der Waals surface area contributed by atoms with Crippen molar-refractivity contribution in [1.29, 1.82) is 0 Å². The monoisotopic (exact) mass is 314 g/mol. The second-order valence-corrected chi connectivity index (χ2v) is 5.75. The number of aryl methyl sites for hydroxylation is 3. The molecule has 0 aliphatic carbocycles. The van der Waals surface area contributed by atoms with Gasteiger partial charge in [0.25, 0.3) is 0 Å². The number of anilines is 1. The Morgan fingerprint density at radius 1 is 1.30 bits per heavy atom. The van der Waals surface area contributed by atoms with E-state index in [1.165, 1.54) is 11.3 Å². The molecule has 2 rings (SSSR count). The summed E-state index contributed by atoms with van der Waals surface area (Å²) < 4.78 is 1.81. The quantitative estimate of drug-likeness (QED) is 0.814. The van der Waals surface area contributed by atoms with E-state index in [4.69, 9.17) is 0 Å². The van der Waals surface area contributed by atoms with E-state index in [2.05, 4.69) is 47.4 Å². The molecular weight excluding hydrogens is 288 g/mol. The zero-order valence-corrected chi connectivity index (χ0v) is 14.2. The average Bonchev–Trinajstić information content (AvgIpc) is 2.96. The first kappa shape index (κ1) is 17.1. The molecule has 0 atom stereocenters. The summed E-state index contributed by atoms with van der Waals surface area (Å²) in [6.45, 7) is 9.25. The van der Waals surface area contributed by atoms with Crippen molar-refractivity contribution in [3.63, 3.8) is 0 Å². The fourth-order valence-electron chi connectivity index (χ4n) is 2.59. The third-order valence-electron chi connectivity index (χ3n) is 3.87. The first-order valence-corrected chi connectivity index (χ1v) is 8.16. The van der Waals surface area contributed by atoms with Gasteiger partial charge in [0.1, 0.15) is 0 Å². The molecule has 0 unspecified atom stereocenters. The van der Waals surface area contributed by atoms with Crippen LogP contribution < -0.4 is 10.2 Å². The zero-order chi connectivity index (χ0) is 16.7. The molecule has 23 heavy (non-hydrogen) atoms. The Bertz CT molecular complexity index is 635. The molecule has 1 amide bonds. The summed E-state index contributed by atoms with van der Waals surface area (Å²) in [5.74, 6) is 0.0685. The van der Waals surface area contributed by atoms with Crippen LogP contribution in [0.15, 0.2) is 36.7 Å². The largest absolute Gasteiger partial charge is 0.370 e. The molecule has 0 radical (unpaired) electrons. The molecule has 0 spiro atoms. The minimum atomic E-state index is 0.0685. The number of nitrogens with one attached hydrogen (secondary N) is 1. The second kappa shape index (κ2) is 8.36. The number of carbonyl (C=O) groups excluding carboxylic acids is 1. The van der Waals surface area contributed by atoms with Gasteiger partial charge in [0.2, 0.25) is 5.91 Å². The predicted molar refractivity (Wildman–Crippen MR) is 93.7 cm³/mol. The maximum atomic E-state index is 11.9. The summed E-state index contributed by atoms with van der Waals surface area (Å²) in [5, 5.41) is 7.18. The van der Waals surface area contributed by atoms with E-state index in [1.54, 1.807) is 10.9 Å². The number of hydrogen-bond acceptors (Lipinski definition) is 3. The highest BCUT2D eigenvalue weighted by Gasteiger charge is 2.08. The Morgan fingerprint density at radius 2 is 2.09 bits per heavy atom. The Morgan fingerprint density at radius 3 is 2.74 bits per heavy atom. The van der Waals surface area contributed by atoms with Crippen LogP contribution in [0.4, 0.5) is 5.69 Å². The molecule has 2 aromatic rings. The van der Waals surface area contributed by atoms with Gasteiger partial charge in [0.05, 0.1) is 6.20 Å². The number of benzene rings is 1. The van der Waals surface area contributed by atoms with Crippen LogP contribution in [0.25, 0.3) is 0 Å². The van der Waals surface area contributed by atoms with Gasteiger partial charge in [-0.15, -0.1) is 0 Å². The van der Waals surface area contributed by atoms with Crippen LogP contribution in [-0.2, 0) is 11.3 Å². The minimum Gasteiger partial charge on any atom is -0.370 e. The Labute approximate surface area is 138 Å². The summed E-state index contributed by atoms with van der Waals surface area (Å²) >= 11 is 0. The van der Waals surface area contributed by atoms with E-state index >= 15 is 0 Å². The Kier molecular flexibility index (Phi) is 6.20. The third kappa shape index (κ3) is 5.13. The lowest BCUT2D eigenvalue weighted by Crippen LogP contribution is -2.35. The van der Waals surface area contributed by atoms with E-state index in [1.807, 2.05) is 19.2 Å². The molecule has 1 aromatic carbocycles. The normalized spacial score (nSPS) is 10.6. The van der Waals surface area contributed by atoms with Gasteiger partial charge in [-0.2, -0.15) is 5.10 Å². The van der Waals surface area contributed by atoms with Gasteiger partial charge in [-0.1, -0.05) is 18.2 Å². The molecule has 0 saturated carbocycles. The smallest absolute Gasteiger partial charge is 0.221 e. The molecular formula is C18H26N4O. The van der Waals surface area contributed by atoms with Crippen molar-refractivity contribution < 1.29 is 4.79 Å². The topological polar surface area (TPSA) is 50.2 Å². The van der Waals surface area contributed by atoms with Crippen LogP contribution in [0, 0.1) is 13.8 Å². The SMILES string of the molecule is CCN(CCNC(=O)CCn1cc(C)cn1)c1ccccc1C. The third-order valence-corrected chi connectivity index (χ3v) is 3.87. The van der Waals surface area contributed by atoms with E-state index in [-0.39, 0.29) is 5.91 Å². The van der Waals surface area contributed by atoms with Gasteiger partial charge >= 0.3 is 0 Å². The van der Waals surface area contributed by atoms with Gasteiger partial charge in [0, 0.05) is 44.5 Å². The summed E-state index contributed by atoms with van der Waals surface area (Å²) in [5.41, 5.74) is 3.60. The molecule has 0 fully saturated rings. The van der Waals surface area contributed by atoms with Crippen LogP contribution >= 0.6 is 0 Å². The molecule has 5 heteroatoms. The van der Waals surface area contributed by atoms with Gasteiger partial charge in [-0.3, -0.25) is 9.48 Å². The molecule has 0 bridgehead atoms. The van der Waals surface area contributed by atoms with Crippen molar-refractivity contribution in [3.8, 4) is 0 Å². The Balaban J connectivity index is 1.74. The van der Waals surface area contributed by atoms with Crippen LogP contribution in [0.1, 0.15) is 24.5 Å². The summed E-state index contributed by atoms with van der Waals surface area (Å²) in [6.07, 6.45) is 4.21. The maximum absolute atomic E-state index is 11.9. The highest BCUT2D eigenvalue weighted by molar-refractivity contribution is 5.75. The van der Waals surface area contributed by atoms with Gasteiger partial charge in [0.15, 0.2) is 0 Å². The Hall–Kier alpha value is -2.30. The van der Waals surface area contributed by atoms with Crippen LogP contribution in [0.3, 0.4) is 0 Å². The highest BCUT2D eigenvalue weighted by Crippen LogP contribution is 2.18. The zero-order valence-electron chi connectivity index (χ0n) is 14.2. The number of hydrogen-bond donors (Lipinski definition) is 1. The van der Waals surface area contributed by atoms with E-state index in [9.17, 15) is 4.79 Å². The van der Waals surface area contributed by atoms with E-state index in [0.717, 1.165) is 18.7 Å². The molecule has 0 aliphatic rings. The molecule has 0 saturated heterocycles. The lowest BCUT2D eigenvalue weighted by molar-refractivity contribution is -0.121. The van der Waals surface area contributed by atoms with Gasteiger partial charge in [-0.25, -0.2) is 0 Å². The molecule has 1 aromatic heterocycles. The lowest BCUT2D eigenvalue weighted by Gasteiger charge is -2.25. The number of carbonyl (C=O) groups is 1. The number of rotatable bonds is 8. The van der Waals surface area contributed by atoms with Crippen LogP contribution in [0.2, 0.25) is 0 Å². The maximum Gasteiger partial charge on any atom is 0.221 e. The molecule has 0 aliphatic heterocycles. The van der Waals surface area contributed by atoms with Crippen molar-refractivity contribution in [2.45, 2.75) is 33.7 Å². The minimum absolute atomic E-state index is 0.0685. The van der Waals surface area contributed by atoms with Gasteiger partial charge in [-0.05, 0) is 38.0 Å². The van der Waals surface area contributed by atoms with E-state index in [0.29, 0.717) is 19.5 Å². The lowest BCUT2D eigenvalue weighted by atomic mass is 10.2. The molecule has 5 nitrogen and oxygen atoms in total. The first-order chi connectivity index (χ1) is 11.1. The summed E-state index contributed by atoms with van der Waals surface area (Å²) in [7, 11) is 0. The molecule has 1 heterocycles. The summed E-state index contributed by atoms with van der Waals surface area (Å²) in [4.78, 5) is 14.2. The first-order valence-electron chi connectivity index (χ1n) is 8.16. The van der Waals surface area contributed by atoms with Crippen LogP contribution in [0.5, 0.6) is 0 Å². The van der Waals surface area contributed by atoms with E-state index < -0.39 is 0 Å². The van der Waals surface area contributed by atoms with Crippen molar-refractivity contribution in [2.24, 2.45) is 0 Å². The van der Waals surface area contributed by atoms with Crippen molar-refractivity contribution >= 4 is 11.6 Å². The second-order valence-electron chi connectivity index (χ2n) is 5.75. The molecule has 124 valence electrons. The standard InChI is InChI=1S/C18H26N4O/c1-4-21(17-8-6-5-7-16(17)3)12-10-19-18(23)9-11-22-14-15(2)13-20-22/h5-8,13-14H,4,9-12H2,1-3H3,(H,19,23). The fraction of sp³-hybridized carbons (Fsp3) is 0.444. The number of likely N-dealkylation sites (N-methyl/N-ethyl adjacent to an activating group) is 1.